The number of carbonyl (C=O) groups excluding carboxylic acids is 1. The number of benzene rings is 1. The van der Waals surface area contributed by atoms with E-state index in [1.54, 1.807) is 6.92 Å². The molecule has 2 rings (SSSR count). The molecule has 0 fully saturated rings. The van der Waals surface area contributed by atoms with Crippen LogP contribution in [0.1, 0.15) is 21.7 Å². The molecule has 1 heterocycles. The summed E-state index contributed by atoms with van der Waals surface area (Å²) in [6, 6.07) is 3.45. The van der Waals surface area contributed by atoms with Crippen molar-refractivity contribution in [2.24, 2.45) is 0 Å². The Hall–Kier alpha value is -2.44. The molecule has 6 nitrogen and oxygen atoms in total. The van der Waals surface area contributed by atoms with Crippen LogP contribution in [0.4, 0.5) is 10.1 Å². The van der Waals surface area contributed by atoms with Gasteiger partial charge in [0.2, 0.25) is 0 Å². The average Bonchev–Trinajstić information content (AvgIpc) is 2.72. The number of nitrogens with zero attached hydrogens (tertiary/aromatic N) is 2. The molecule has 0 spiro atoms. The van der Waals surface area contributed by atoms with Gasteiger partial charge < -0.3 is 10.5 Å². The molecular formula is C11H10FN3O3. The monoisotopic (exact) mass is 251 g/mol. The number of aryl methyl sites for hydroxylation is 1. The Morgan fingerprint density at radius 3 is 2.89 bits per heavy atom. The van der Waals surface area contributed by atoms with E-state index >= 15 is 0 Å². The lowest BCUT2D eigenvalue weighted by molar-refractivity contribution is 0.0464. The van der Waals surface area contributed by atoms with E-state index in [-0.39, 0.29) is 17.9 Å². The number of hydrogen-bond donors (Lipinski definition) is 1. The highest BCUT2D eigenvalue weighted by atomic mass is 19.1. The van der Waals surface area contributed by atoms with Crippen LogP contribution in [0.3, 0.4) is 0 Å². The molecule has 18 heavy (non-hydrogen) atoms. The third-order valence-electron chi connectivity index (χ3n) is 2.32. The molecule has 0 aliphatic rings. The van der Waals surface area contributed by atoms with E-state index in [0.717, 1.165) is 12.1 Å². The molecule has 1 aromatic carbocycles. The second-order valence-electron chi connectivity index (χ2n) is 3.60. The van der Waals surface area contributed by atoms with Gasteiger partial charge in [-0.05, 0) is 25.1 Å². The highest BCUT2D eigenvalue weighted by Crippen LogP contribution is 2.15. The zero-order valence-corrected chi connectivity index (χ0v) is 9.51. The van der Waals surface area contributed by atoms with Gasteiger partial charge in [-0.15, -0.1) is 0 Å². The van der Waals surface area contributed by atoms with Gasteiger partial charge in [-0.1, -0.05) is 10.3 Å². The lowest BCUT2D eigenvalue weighted by Crippen LogP contribution is -2.09. The van der Waals surface area contributed by atoms with Gasteiger partial charge in [0.15, 0.2) is 0 Å². The van der Waals surface area contributed by atoms with E-state index in [0.29, 0.717) is 11.4 Å². The van der Waals surface area contributed by atoms with Crippen LogP contribution in [0.25, 0.3) is 0 Å². The van der Waals surface area contributed by atoms with E-state index in [1.165, 1.54) is 6.07 Å². The van der Waals surface area contributed by atoms with Gasteiger partial charge in [0.05, 0.1) is 5.56 Å². The van der Waals surface area contributed by atoms with Crippen molar-refractivity contribution < 1.29 is 18.6 Å². The number of aromatic nitrogens is 2. The molecule has 2 aromatic rings. The highest BCUT2D eigenvalue weighted by molar-refractivity contribution is 5.94. The predicted molar refractivity (Wildman–Crippen MR) is 59.0 cm³/mol. The first-order valence-electron chi connectivity index (χ1n) is 5.08. The first-order chi connectivity index (χ1) is 8.58. The highest BCUT2D eigenvalue weighted by Gasteiger charge is 2.14. The van der Waals surface area contributed by atoms with Gasteiger partial charge in [0, 0.05) is 5.69 Å². The maximum Gasteiger partial charge on any atom is 0.340 e. The molecule has 2 N–H and O–H groups in total. The summed E-state index contributed by atoms with van der Waals surface area (Å²) in [6.45, 7) is 1.59. The number of nitrogen functional groups attached to an aromatic ring is 1. The van der Waals surface area contributed by atoms with Crippen molar-refractivity contribution in [3.8, 4) is 0 Å². The van der Waals surface area contributed by atoms with Crippen LogP contribution in [0.2, 0.25) is 0 Å². The van der Waals surface area contributed by atoms with E-state index in [4.69, 9.17) is 10.5 Å². The quantitative estimate of drug-likeness (QED) is 0.655. The van der Waals surface area contributed by atoms with Crippen molar-refractivity contribution in [1.82, 2.24) is 10.3 Å². The first kappa shape index (κ1) is 12.0. The molecule has 0 saturated carbocycles. The minimum Gasteiger partial charge on any atom is -0.455 e. The van der Waals surface area contributed by atoms with Gasteiger partial charge in [-0.2, -0.15) is 0 Å². The Morgan fingerprint density at radius 1 is 1.50 bits per heavy atom. The summed E-state index contributed by atoms with van der Waals surface area (Å²) < 4.78 is 22.2. The molecule has 0 bridgehead atoms. The molecule has 0 saturated heterocycles. The minimum absolute atomic E-state index is 0.0231. The summed E-state index contributed by atoms with van der Waals surface area (Å²) in [5.41, 5.74) is 6.60. The fourth-order valence-corrected chi connectivity index (χ4v) is 1.31. The Morgan fingerprint density at radius 2 is 2.28 bits per heavy atom. The summed E-state index contributed by atoms with van der Waals surface area (Å²) in [6.07, 6.45) is 0. The van der Waals surface area contributed by atoms with Gasteiger partial charge >= 0.3 is 5.97 Å². The largest absolute Gasteiger partial charge is 0.455 e. The summed E-state index contributed by atoms with van der Waals surface area (Å²) in [4.78, 5) is 11.7. The number of rotatable bonds is 3. The summed E-state index contributed by atoms with van der Waals surface area (Å²) in [5, 5.41) is 7.11. The van der Waals surface area contributed by atoms with Crippen LogP contribution in [-0.4, -0.2) is 16.3 Å². The third-order valence-corrected chi connectivity index (χ3v) is 2.32. The lowest BCUT2D eigenvalue weighted by Gasteiger charge is -2.05. The molecule has 94 valence electrons. The van der Waals surface area contributed by atoms with Crippen molar-refractivity contribution in [2.45, 2.75) is 13.5 Å². The normalized spacial score (nSPS) is 10.3. The fraction of sp³-hybridized carbons (Fsp3) is 0.182. The van der Waals surface area contributed by atoms with Crippen LogP contribution < -0.4 is 5.73 Å². The number of hydrogen-bond acceptors (Lipinski definition) is 6. The van der Waals surface area contributed by atoms with Gasteiger partial charge in [0.1, 0.15) is 23.8 Å². The number of carbonyl (C=O) groups is 1. The smallest absolute Gasteiger partial charge is 0.340 e. The number of esters is 1. The van der Waals surface area contributed by atoms with Crippen molar-refractivity contribution in [2.75, 3.05) is 5.73 Å². The third kappa shape index (κ3) is 2.45. The molecular weight excluding hydrogens is 241 g/mol. The zero-order valence-electron chi connectivity index (χ0n) is 9.51. The number of nitrogens with two attached hydrogens (primary N) is 1. The molecule has 0 atom stereocenters. The average molecular weight is 251 g/mol. The number of halogens is 1. The molecule has 1 aromatic heterocycles. The van der Waals surface area contributed by atoms with E-state index in [2.05, 4.69) is 14.9 Å². The molecule has 0 radical (unpaired) electrons. The molecule has 0 amide bonds. The Kier molecular flexibility index (Phi) is 3.22. The minimum atomic E-state index is -0.658. The Labute approximate surface area is 102 Å². The number of anilines is 1. The Balaban J connectivity index is 2.06. The van der Waals surface area contributed by atoms with Crippen molar-refractivity contribution in [3.63, 3.8) is 0 Å². The predicted octanol–water partition coefficient (Wildman–Crippen LogP) is 1.46. The van der Waals surface area contributed by atoms with Crippen LogP contribution >= 0.6 is 0 Å². The van der Waals surface area contributed by atoms with Gasteiger partial charge in [-0.3, -0.25) is 0 Å². The van der Waals surface area contributed by atoms with E-state index in [9.17, 15) is 9.18 Å². The number of ether oxygens (including phenoxy) is 1. The van der Waals surface area contributed by atoms with Crippen molar-refractivity contribution >= 4 is 11.7 Å². The second-order valence-corrected chi connectivity index (χ2v) is 3.60. The Bertz CT molecular complexity index is 583. The molecule has 0 aliphatic carbocycles. The van der Waals surface area contributed by atoms with E-state index in [1.807, 2.05) is 0 Å². The zero-order chi connectivity index (χ0) is 13.1. The standard InChI is InChI=1S/C11H10FN3O3/c1-6-10(15-18-14-6)5-17-11(16)8-3-2-7(12)4-9(8)13/h2-4H,5,13H2,1H3. The van der Waals surface area contributed by atoms with Crippen LogP contribution in [-0.2, 0) is 11.3 Å². The van der Waals surface area contributed by atoms with Gasteiger partial charge in [0.25, 0.3) is 0 Å². The van der Waals surface area contributed by atoms with Crippen LogP contribution in [0.5, 0.6) is 0 Å². The fourth-order valence-electron chi connectivity index (χ4n) is 1.31. The first-order valence-corrected chi connectivity index (χ1v) is 5.08. The topological polar surface area (TPSA) is 91.2 Å². The molecule has 0 unspecified atom stereocenters. The summed E-state index contributed by atoms with van der Waals surface area (Å²) >= 11 is 0. The maximum absolute atomic E-state index is 12.8. The summed E-state index contributed by atoms with van der Waals surface area (Å²) in [5.74, 6) is -1.17. The van der Waals surface area contributed by atoms with Gasteiger partial charge in [-0.25, -0.2) is 13.8 Å². The summed E-state index contributed by atoms with van der Waals surface area (Å²) in [7, 11) is 0. The molecule has 7 heteroatoms. The van der Waals surface area contributed by atoms with Crippen molar-refractivity contribution in [1.29, 1.82) is 0 Å². The second kappa shape index (κ2) is 4.82. The maximum atomic E-state index is 12.8. The SMILES string of the molecule is Cc1nonc1COC(=O)c1ccc(F)cc1N. The van der Waals surface area contributed by atoms with E-state index < -0.39 is 11.8 Å². The van der Waals surface area contributed by atoms with Crippen LogP contribution in [0.15, 0.2) is 22.8 Å². The molecule has 0 aliphatic heterocycles. The van der Waals surface area contributed by atoms with Crippen LogP contribution in [0, 0.1) is 12.7 Å². The van der Waals surface area contributed by atoms with Crippen molar-refractivity contribution in [3.05, 3.63) is 41.0 Å². The lowest BCUT2D eigenvalue weighted by atomic mass is 10.2.